The molecular weight excluding hydrogens is 308 g/mol. The van der Waals surface area contributed by atoms with Crippen molar-refractivity contribution in [2.45, 2.75) is 12.5 Å². The summed E-state index contributed by atoms with van der Waals surface area (Å²) in [5.74, 6) is -0.460. The van der Waals surface area contributed by atoms with E-state index in [9.17, 15) is 4.39 Å². The highest BCUT2D eigenvalue weighted by Gasteiger charge is 2.12. The monoisotopic (exact) mass is 317 g/mol. The summed E-state index contributed by atoms with van der Waals surface area (Å²) in [5.41, 5.74) is 7.68. The smallest absolute Gasteiger partial charge is 0.141 e. The van der Waals surface area contributed by atoms with Gasteiger partial charge in [0, 0.05) is 16.1 Å². The SMILES string of the molecule is NC(Cc1cc(Cl)ccc1Cl)c1ccc(F)c(Cl)c1. The maximum atomic E-state index is 13.1. The molecule has 0 spiro atoms. The molecule has 1 atom stereocenters. The van der Waals surface area contributed by atoms with Crippen molar-refractivity contribution in [3.8, 4) is 0 Å². The molecule has 0 radical (unpaired) electrons. The number of hydrogen-bond acceptors (Lipinski definition) is 1. The number of hydrogen-bond donors (Lipinski definition) is 1. The minimum atomic E-state index is -0.460. The largest absolute Gasteiger partial charge is 0.324 e. The predicted molar refractivity (Wildman–Crippen MR) is 78.5 cm³/mol. The van der Waals surface area contributed by atoms with Crippen LogP contribution in [0.25, 0.3) is 0 Å². The minimum Gasteiger partial charge on any atom is -0.324 e. The van der Waals surface area contributed by atoms with E-state index in [2.05, 4.69) is 0 Å². The van der Waals surface area contributed by atoms with E-state index in [4.69, 9.17) is 40.5 Å². The normalized spacial score (nSPS) is 12.5. The van der Waals surface area contributed by atoms with Crippen molar-refractivity contribution in [1.29, 1.82) is 0 Å². The number of nitrogens with two attached hydrogens (primary N) is 1. The standard InChI is InChI=1S/C14H11Cl3FN/c15-10-2-3-11(16)9(5-10)7-14(19)8-1-4-13(18)12(17)6-8/h1-6,14H,7,19H2. The molecule has 2 aromatic carbocycles. The average molecular weight is 319 g/mol. The fraction of sp³-hybridized carbons (Fsp3) is 0.143. The summed E-state index contributed by atoms with van der Waals surface area (Å²) in [6, 6.07) is 9.34. The van der Waals surface area contributed by atoms with E-state index >= 15 is 0 Å². The van der Waals surface area contributed by atoms with E-state index in [1.165, 1.54) is 12.1 Å². The van der Waals surface area contributed by atoms with Crippen molar-refractivity contribution < 1.29 is 4.39 Å². The highest BCUT2D eigenvalue weighted by Crippen LogP contribution is 2.26. The first kappa shape index (κ1) is 14.6. The van der Waals surface area contributed by atoms with Gasteiger partial charge in [-0.3, -0.25) is 0 Å². The summed E-state index contributed by atoms with van der Waals surface area (Å²) in [5, 5.41) is 1.27. The van der Waals surface area contributed by atoms with Crippen LogP contribution >= 0.6 is 34.8 Å². The van der Waals surface area contributed by atoms with Crippen molar-refractivity contribution in [1.82, 2.24) is 0 Å². The molecule has 2 N–H and O–H groups in total. The van der Waals surface area contributed by atoms with Crippen LogP contribution in [0, 0.1) is 5.82 Å². The Hall–Kier alpha value is -0.800. The van der Waals surface area contributed by atoms with Crippen molar-refractivity contribution in [2.24, 2.45) is 5.73 Å². The number of rotatable bonds is 3. The first-order valence-corrected chi connectivity index (χ1v) is 6.75. The van der Waals surface area contributed by atoms with Crippen LogP contribution in [0.2, 0.25) is 15.1 Å². The van der Waals surface area contributed by atoms with E-state index < -0.39 is 5.82 Å². The Labute approximate surface area is 126 Å². The van der Waals surface area contributed by atoms with Gasteiger partial charge in [0.05, 0.1) is 5.02 Å². The van der Waals surface area contributed by atoms with Gasteiger partial charge in [0.2, 0.25) is 0 Å². The summed E-state index contributed by atoms with van der Waals surface area (Å²) < 4.78 is 13.1. The predicted octanol–water partition coefficient (Wildman–Crippen LogP) is 5.03. The molecule has 0 saturated heterocycles. The van der Waals surface area contributed by atoms with Gasteiger partial charge in [0.25, 0.3) is 0 Å². The van der Waals surface area contributed by atoms with Gasteiger partial charge in [-0.2, -0.15) is 0 Å². The van der Waals surface area contributed by atoms with Crippen LogP contribution in [0.4, 0.5) is 4.39 Å². The number of benzene rings is 2. The maximum Gasteiger partial charge on any atom is 0.141 e. The fourth-order valence-electron chi connectivity index (χ4n) is 1.80. The molecule has 2 rings (SSSR count). The Balaban J connectivity index is 2.22. The summed E-state index contributed by atoms with van der Waals surface area (Å²) in [7, 11) is 0. The van der Waals surface area contributed by atoms with E-state index in [0.29, 0.717) is 16.5 Å². The Kier molecular flexibility index (Phi) is 4.69. The third kappa shape index (κ3) is 3.61. The molecule has 0 aliphatic carbocycles. The highest BCUT2D eigenvalue weighted by molar-refractivity contribution is 6.33. The second-order valence-electron chi connectivity index (χ2n) is 4.22. The topological polar surface area (TPSA) is 26.0 Å². The zero-order chi connectivity index (χ0) is 14.0. The van der Waals surface area contributed by atoms with Crippen LogP contribution in [0.1, 0.15) is 17.2 Å². The van der Waals surface area contributed by atoms with Crippen molar-refractivity contribution in [3.63, 3.8) is 0 Å². The first-order chi connectivity index (χ1) is 8.97. The zero-order valence-corrected chi connectivity index (χ0v) is 12.1. The third-order valence-electron chi connectivity index (χ3n) is 2.82. The Bertz CT molecular complexity index is 601. The molecule has 0 fully saturated rings. The van der Waals surface area contributed by atoms with Gasteiger partial charge in [0.15, 0.2) is 0 Å². The number of halogens is 4. The molecule has 100 valence electrons. The van der Waals surface area contributed by atoms with E-state index in [-0.39, 0.29) is 11.1 Å². The zero-order valence-electron chi connectivity index (χ0n) is 9.84. The summed E-state index contributed by atoms with van der Waals surface area (Å²) in [6.07, 6.45) is 0.501. The highest BCUT2D eigenvalue weighted by atomic mass is 35.5. The summed E-state index contributed by atoms with van der Waals surface area (Å²) in [6.45, 7) is 0. The van der Waals surface area contributed by atoms with Crippen LogP contribution < -0.4 is 5.73 Å². The minimum absolute atomic E-state index is 0.0603. The van der Waals surface area contributed by atoms with E-state index in [1.807, 2.05) is 0 Å². The van der Waals surface area contributed by atoms with Gasteiger partial charge >= 0.3 is 0 Å². The molecule has 0 aliphatic rings. The van der Waals surface area contributed by atoms with Gasteiger partial charge in [-0.05, 0) is 47.9 Å². The van der Waals surface area contributed by atoms with Gasteiger partial charge in [-0.1, -0.05) is 40.9 Å². The van der Waals surface area contributed by atoms with Crippen molar-refractivity contribution in [3.05, 3.63) is 68.4 Å². The lowest BCUT2D eigenvalue weighted by Crippen LogP contribution is -2.13. The van der Waals surface area contributed by atoms with Crippen LogP contribution in [0.5, 0.6) is 0 Å². The van der Waals surface area contributed by atoms with Gasteiger partial charge in [0.1, 0.15) is 5.82 Å². The first-order valence-electron chi connectivity index (χ1n) is 5.62. The Morgan fingerprint density at radius 3 is 2.42 bits per heavy atom. The molecule has 0 aliphatic heterocycles. The van der Waals surface area contributed by atoms with Crippen LogP contribution in [-0.4, -0.2) is 0 Å². The molecule has 0 heterocycles. The molecule has 5 heteroatoms. The lowest BCUT2D eigenvalue weighted by atomic mass is 9.99. The van der Waals surface area contributed by atoms with E-state index in [0.717, 1.165) is 11.1 Å². The molecule has 0 aromatic heterocycles. The molecule has 2 aromatic rings. The molecule has 0 bridgehead atoms. The maximum absolute atomic E-state index is 13.1. The second kappa shape index (κ2) is 6.10. The molecule has 0 saturated carbocycles. The fourth-order valence-corrected chi connectivity index (χ4v) is 2.38. The van der Waals surface area contributed by atoms with Gasteiger partial charge < -0.3 is 5.73 Å². The summed E-state index contributed by atoms with van der Waals surface area (Å²) in [4.78, 5) is 0. The molecule has 19 heavy (non-hydrogen) atoms. The lowest BCUT2D eigenvalue weighted by Gasteiger charge is -2.14. The lowest BCUT2D eigenvalue weighted by molar-refractivity contribution is 0.625. The molecular formula is C14H11Cl3FN. The van der Waals surface area contributed by atoms with Crippen molar-refractivity contribution >= 4 is 34.8 Å². The van der Waals surface area contributed by atoms with Crippen LogP contribution in [-0.2, 0) is 6.42 Å². The van der Waals surface area contributed by atoms with Crippen LogP contribution in [0.15, 0.2) is 36.4 Å². The van der Waals surface area contributed by atoms with Crippen LogP contribution in [0.3, 0.4) is 0 Å². The van der Waals surface area contributed by atoms with Crippen molar-refractivity contribution in [2.75, 3.05) is 0 Å². The molecule has 1 unspecified atom stereocenters. The summed E-state index contributed by atoms with van der Waals surface area (Å²) >= 11 is 17.7. The Morgan fingerprint density at radius 1 is 1.00 bits per heavy atom. The Morgan fingerprint density at radius 2 is 1.74 bits per heavy atom. The van der Waals surface area contributed by atoms with E-state index in [1.54, 1.807) is 24.3 Å². The van der Waals surface area contributed by atoms with Gasteiger partial charge in [-0.15, -0.1) is 0 Å². The molecule has 1 nitrogen and oxygen atoms in total. The third-order valence-corrected chi connectivity index (χ3v) is 3.71. The average Bonchev–Trinajstić information content (AvgIpc) is 2.37. The van der Waals surface area contributed by atoms with Gasteiger partial charge in [-0.25, -0.2) is 4.39 Å². The second-order valence-corrected chi connectivity index (χ2v) is 5.47. The molecule has 0 amide bonds. The quantitative estimate of drug-likeness (QED) is 0.844.